The standard InChI is InChI=1S/C21H20Cl2N2O3/c22-17-8-4-7-16(20(17)23)21(28)25-13-11-24(12-14-25)19(27)10-9-18(26)15-5-2-1-3-6-15/h1-8H,9-14H2. The number of ketones is 1. The molecule has 1 fully saturated rings. The highest BCUT2D eigenvalue weighted by Crippen LogP contribution is 2.26. The van der Waals surface area contributed by atoms with E-state index in [0.717, 1.165) is 0 Å². The van der Waals surface area contributed by atoms with E-state index >= 15 is 0 Å². The van der Waals surface area contributed by atoms with E-state index in [1.807, 2.05) is 6.07 Å². The molecule has 0 bridgehead atoms. The highest BCUT2D eigenvalue weighted by Gasteiger charge is 2.26. The Morgan fingerprint density at radius 2 is 1.43 bits per heavy atom. The monoisotopic (exact) mass is 418 g/mol. The summed E-state index contributed by atoms with van der Waals surface area (Å²) in [5, 5.41) is 0.580. The number of rotatable bonds is 5. The molecule has 0 unspecified atom stereocenters. The van der Waals surface area contributed by atoms with Crippen molar-refractivity contribution in [1.29, 1.82) is 0 Å². The van der Waals surface area contributed by atoms with Crippen LogP contribution in [0.15, 0.2) is 48.5 Å². The number of hydrogen-bond acceptors (Lipinski definition) is 3. The normalized spacial score (nSPS) is 14.1. The molecule has 1 heterocycles. The Labute approximate surface area is 173 Å². The SMILES string of the molecule is O=C(CCC(=O)N1CCN(C(=O)c2cccc(Cl)c2Cl)CC1)c1ccccc1. The van der Waals surface area contributed by atoms with Crippen molar-refractivity contribution in [1.82, 2.24) is 9.80 Å². The zero-order valence-corrected chi connectivity index (χ0v) is 16.7. The molecule has 5 nitrogen and oxygen atoms in total. The molecule has 2 aromatic rings. The predicted molar refractivity (Wildman–Crippen MR) is 109 cm³/mol. The maximum absolute atomic E-state index is 12.7. The first-order valence-corrected chi connectivity index (χ1v) is 9.82. The third kappa shape index (κ3) is 4.72. The number of amides is 2. The van der Waals surface area contributed by atoms with Gasteiger partial charge in [0, 0.05) is 44.6 Å². The Balaban J connectivity index is 1.50. The Hall–Kier alpha value is -2.37. The predicted octanol–water partition coefficient (Wildman–Crippen LogP) is 3.94. The summed E-state index contributed by atoms with van der Waals surface area (Å²) < 4.78 is 0. The van der Waals surface area contributed by atoms with E-state index < -0.39 is 0 Å². The molecule has 0 atom stereocenters. The number of nitrogens with zero attached hydrogens (tertiary/aromatic N) is 2. The lowest BCUT2D eigenvalue weighted by molar-refractivity contribution is -0.132. The van der Waals surface area contributed by atoms with E-state index in [1.54, 1.807) is 52.3 Å². The van der Waals surface area contributed by atoms with E-state index in [4.69, 9.17) is 23.2 Å². The first kappa shape index (κ1) is 20.4. The minimum Gasteiger partial charge on any atom is -0.339 e. The van der Waals surface area contributed by atoms with Gasteiger partial charge in [-0.25, -0.2) is 0 Å². The second-order valence-electron chi connectivity index (χ2n) is 6.56. The zero-order valence-electron chi connectivity index (χ0n) is 15.2. The summed E-state index contributed by atoms with van der Waals surface area (Å²) in [7, 11) is 0. The van der Waals surface area contributed by atoms with E-state index in [1.165, 1.54) is 0 Å². The average molecular weight is 419 g/mol. The molecule has 7 heteroatoms. The molecule has 0 aromatic heterocycles. The fourth-order valence-corrected chi connectivity index (χ4v) is 3.53. The highest BCUT2D eigenvalue weighted by atomic mass is 35.5. The number of carbonyl (C=O) groups is 3. The molecule has 1 aliphatic rings. The van der Waals surface area contributed by atoms with Gasteiger partial charge >= 0.3 is 0 Å². The molecule has 0 aliphatic carbocycles. The summed E-state index contributed by atoms with van der Waals surface area (Å²) in [5.74, 6) is -0.311. The van der Waals surface area contributed by atoms with Gasteiger partial charge in [0.05, 0.1) is 15.6 Å². The quantitative estimate of drug-likeness (QED) is 0.690. The fourth-order valence-electron chi connectivity index (χ4n) is 3.15. The van der Waals surface area contributed by atoms with Gasteiger partial charge in [-0.1, -0.05) is 59.6 Å². The molecular weight excluding hydrogens is 399 g/mol. The number of Topliss-reactive ketones (excluding diaryl/α,β-unsaturated/α-hetero) is 1. The fraction of sp³-hybridized carbons (Fsp3) is 0.286. The molecule has 3 rings (SSSR count). The van der Waals surface area contributed by atoms with E-state index in [0.29, 0.717) is 42.3 Å². The van der Waals surface area contributed by atoms with Gasteiger partial charge in [-0.15, -0.1) is 0 Å². The van der Waals surface area contributed by atoms with Gasteiger partial charge in [0.15, 0.2) is 5.78 Å². The van der Waals surface area contributed by atoms with Crippen LogP contribution in [-0.4, -0.2) is 53.6 Å². The molecule has 28 heavy (non-hydrogen) atoms. The van der Waals surface area contributed by atoms with Crippen molar-refractivity contribution < 1.29 is 14.4 Å². The lowest BCUT2D eigenvalue weighted by Crippen LogP contribution is -2.50. The summed E-state index contributed by atoms with van der Waals surface area (Å²) >= 11 is 12.1. The number of benzene rings is 2. The number of halogens is 2. The van der Waals surface area contributed by atoms with Crippen molar-refractivity contribution in [2.75, 3.05) is 26.2 Å². The van der Waals surface area contributed by atoms with Crippen molar-refractivity contribution >= 4 is 40.8 Å². The van der Waals surface area contributed by atoms with Crippen molar-refractivity contribution in [2.45, 2.75) is 12.8 Å². The maximum Gasteiger partial charge on any atom is 0.255 e. The van der Waals surface area contributed by atoms with Crippen LogP contribution in [0.5, 0.6) is 0 Å². The van der Waals surface area contributed by atoms with Crippen LogP contribution in [0, 0.1) is 0 Å². The molecule has 2 aromatic carbocycles. The average Bonchev–Trinajstić information content (AvgIpc) is 2.74. The number of carbonyl (C=O) groups excluding carboxylic acids is 3. The zero-order chi connectivity index (χ0) is 20.1. The van der Waals surface area contributed by atoms with E-state index in [2.05, 4.69) is 0 Å². The van der Waals surface area contributed by atoms with Gasteiger partial charge < -0.3 is 9.80 Å². The summed E-state index contributed by atoms with van der Waals surface area (Å²) in [6.45, 7) is 1.70. The van der Waals surface area contributed by atoms with Crippen molar-refractivity contribution in [2.24, 2.45) is 0 Å². The van der Waals surface area contributed by atoms with Crippen LogP contribution in [0.2, 0.25) is 10.0 Å². The topological polar surface area (TPSA) is 57.7 Å². The van der Waals surface area contributed by atoms with Crippen LogP contribution in [0.4, 0.5) is 0 Å². The van der Waals surface area contributed by atoms with E-state index in [-0.39, 0.29) is 35.5 Å². The molecule has 1 saturated heterocycles. The van der Waals surface area contributed by atoms with Gasteiger partial charge in [0.2, 0.25) is 5.91 Å². The minimum atomic E-state index is -0.196. The summed E-state index contributed by atoms with van der Waals surface area (Å²) in [5.41, 5.74) is 0.978. The Bertz CT molecular complexity index is 878. The minimum absolute atomic E-state index is 0.0432. The third-order valence-corrected chi connectivity index (χ3v) is 5.58. The van der Waals surface area contributed by atoms with Crippen molar-refractivity contribution in [3.8, 4) is 0 Å². The van der Waals surface area contributed by atoms with Gasteiger partial charge in [-0.2, -0.15) is 0 Å². The Morgan fingerprint density at radius 3 is 2.11 bits per heavy atom. The second kappa shape index (κ2) is 9.22. The van der Waals surface area contributed by atoms with Gasteiger partial charge in [-0.05, 0) is 12.1 Å². The molecule has 146 valence electrons. The third-order valence-electron chi connectivity index (χ3n) is 4.76. The van der Waals surface area contributed by atoms with Crippen LogP contribution < -0.4 is 0 Å². The summed E-state index contributed by atoms with van der Waals surface area (Å²) in [6, 6.07) is 13.9. The van der Waals surface area contributed by atoms with Crippen LogP contribution in [0.25, 0.3) is 0 Å². The number of piperazine rings is 1. The molecule has 0 spiro atoms. The first-order chi connectivity index (χ1) is 13.5. The molecule has 0 radical (unpaired) electrons. The number of hydrogen-bond donors (Lipinski definition) is 0. The lowest BCUT2D eigenvalue weighted by Gasteiger charge is -2.35. The molecular formula is C21H20Cl2N2O3. The highest BCUT2D eigenvalue weighted by molar-refractivity contribution is 6.43. The smallest absolute Gasteiger partial charge is 0.255 e. The van der Waals surface area contributed by atoms with Gasteiger partial charge in [0.1, 0.15) is 0 Å². The summed E-state index contributed by atoms with van der Waals surface area (Å²) in [4.78, 5) is 40.6. The van der Waals surface area contributed by atoms with Crippen LogP contribution in [-0.2, 0) is 4.79 Å². The van der Waals surface area contributed by atoms with Crippen LogP contribution >= 0.6 is 23.2 Å². The van der Waals surface area contributed by atoms with E-state index in [9.17, 15) is 14.4 Å². The van der Waals surface area contributed by atoms with Crippen LogP contribution in [0.1, 0.15) is 33.6 Å². The van der Waals surface area contributed by atoms with Crippen LogP contribution in [0.3, 0.4) is 0 Å². The molecule has 1 aliphatic heterocycles. The molecule has 0 saturated carbocycles. The van der Waals surface area contributed by atoms with Crippen molar-refractivity contribution in [3.63, 3.8) is 0 Å². The van der Waals surface area contributed by atoms with Gasteiger partial charge in [-0.3, -0.25) is 14.4 Å². The van der Waals surface area contributed by atoms with Crippen molar-refractivity contribution in [3.05, 3.63) is 69.7 Å². The first-order valence-electron chi connectivity index (χ1n) is 9.06. The largest absolute Gasteiger partial charge is 0.339 e. The molecule has 0 N–H and O–H groups in total. The Morgan fingerprint density at radius 1 is 0.786 bits per heavy atom. The Kier molecular flexibility index (Phi) is 6.70. The van der Waals surface area contributed by atoms with Gasteiger partial charge in [0.25, 0.3) is 5.91 Å². The maximum atomic E-state index is 12.7. The summed E-state index contributed by atoms with van der Waals surface area (Å²) in [6.07, 6.45) is 0.349. The molecule has 2 amide bonds. The second-order valence-corrected chi connectivity index (χ2v) is 7.35. The lowest BCUT2D eigenvalue weighted by atomic mass is 10.1.